The zero-order valence-corrected chi connectivity index (χ0v) is 14.1. The molecule has 2 heterocycles. The lowest BCUT2D eigenvalue weighted by atomic mass is 10.2. The summed E-state index contributed by atoms with van der Waals surface area (Å²) in [5.41, 5.74) is 1.90. The van der Waals surface area contributed by atoms with Gasteiger partial charge in [0.15, 0.2) is 5.82 Å². The summed E-state index contributed by atoms with van der Waals surface area (Å²) in [4.78, 5) is 17.3. The molecule has 0 saturated heterocycles. The Morgan fingerprint density at radius 3 is 2.48 bits per heavy atom. The van der Waals surface area contributed by atoms with Gasteiger partial charge >= 0.3 is 0 Å². The molecular weight excluding hydrogens is 319 g/mol. The van der Waals surface area contributed by atoms with Gasteiger partial charge in [0.1, 0.15) is 6.67 Å². The van der Waals surface area contributed by atoms with E-state index in [0.717, 1.165) is 5.56 Å². The number of pyridine rings is 1. The van der Waals surface area contributed by atoms with Crippen LogP contribution in [0.5, 0.6) is 0 Å². The molecule has 3 aromatic rings. The summed E-state index contributed by atoms with van der Waals surface area (Å²) in [6, 6.07) is 11.5. The molecule has 7 heteroatoms. The van der Waals surface area contributed by atoms with Crippen LogP contribution < -0.4 is 10.6 Å². The summed E-state index contributed by atoms with van der Waals surface area (Å²) in [5, 5.41) is 6.25. The minimum absolute atomic E-state index is 0.168. The van der Waals surface area contributed by atoms with Gasteiger partial charge in [0, 0.05) is 35.2 Å². The molecule has 0 fully saturated rings. The normalized spacial score (nSPS) is 10.7. The molecule has 0 bridgehead atoms. The molecule has 0 aliphatic rings. The van der Waals surface area contributed by atoms with Crippen molar-refractivity contribution in [1.82, 2.24) is 19.9 Å². The van der Waals surface area contributed by atoms with Gasteiger partial charge in [-0.15, -0.1) is 0 Å². The first-order valence-corrected chi connectivity index (χ1v) is 7.99. The van der Waals surface area contributed by atoms with Gasteiger partial charge in [0.05, 0.1) is 0 Å². The number of hydrogen-bond donors (Lipinski definition) is 2. The lowest BCUT2D eigenvalue weighted by Crippen LogP contribution is -2.14. The number of halogens is 1. The van der Waals surface area contributed by atoms with Gasteiger partial charge in [-0.3, -0.25) is 4.98 Å². The number of aromatic nitrogens is 4. The highest BCUT2D eigenvalue weighted by molar-refractivity contribution is 5.62. The van der Waals surface area contributed by atoms with Gasteiger partial charge in [0.25, 0.3) is 0 Å². The Bertz CT molecular complexity index is 838. The van der Waals surface area contributed by atoms with Crippen LogP contribution in [0.15, 0.2) is 48.8 Å². The van der Waals surface area contributed by atoms with Crippen molar-refractivity contribution in [3.8, 4) is 11.4 Å². The van der Waals surface area contributed by atoms with Crippen LogP contribution in [-0.2, 0) is 6.67 Å². The number of nitrogens with one attached hydrogen (secondary N) is 2. The molecule has 25 heavy (non-hydrogen) atoms. The van der Waals surface area contributed by atoms with E-state index in [9.17, 15) is 4.39 Å². The van der Waals surface area contributed by atoms with E-state index >= 15 is 0 Å². The predicted molar refractivity (Wildman–Crippen MR) is 96.4 cm³/mol. The maximum atomic E-state index is 13.1. The fourth-order valence-electron chi connectivity index (χ4n) is 2.25. The number of benzene rings is 1. The Morgan fingerprint density at radius 2 is 1.76 bits per heavy atom. The minimum Gasteiger partial charge on any atom is -0.352 e. The molecule has 2 N–H and O–H groups in total. The topological polar surface area (TPSA) is 75.6 Å². The van der Waals surface area contributed by atoms with Crippen molar-refractivity contribution in [3.63, 3.8) is 0 Å². The summed E-state index contributed by atoms with van der Waals surface area (Å²) < 4.78 is 13.1. The van der Waals surface area contributed by atoms with Gasteiger partial charge in [0.2, 0.25) is 11.9 Å². The minimum atomic E-state index is -0.621. The van der Waals surface area contributed by atoms with Crippen molar-refractivity contribution in [1.29, 1.82) is 0 Å². The second-order valence-electron chi connectivity index (χ2n) is 5.76. The molecule has 2 aromatic heterocycles. The summed E-state index contributed by atoms with van der Waals surface area (Å²) in [6.45, 7) is 3.39. The second kappa shape index (κ2) is 7.65. The maximum absolute atomic E-state index is 13.1. The molecule has 0 spiro atoms. The van der Waals surface area contributed by atoms with Crippen LogP contribution in [0.1, 0.15) is 19.4 Å². The Hall–Kier alpha value is -3.09. The van der Waals surface area contributed by atoms with Gasteiger partial charge in [-0.25, -0.2) is 4.39 Å². The standard InChI is InChI=1S/C18H19FN6/c1-12(2)21-17-23-16(13-6-4-3-5-7-13)24-18(25-17)22-15-8-9-20-11-14(15)10-19/h3-9,11-12H,10H2,1-2H3,(H2,20,21,22,23,24,25). The molecule has 0 unspecified atom stereocenters. The van der Waals surface area contributed by atoms with Crippen molar-refractivity contribution in [2.75, 3.05) is 10.6 Å². The van der Waals surface area contributed by atoms with E-state index in [-0.39, 0.29) is 6.04 Å². The van der Waals surface area contributed by atoms with Gasteiger partial charge in [-0.2, -0.15) is 15.0 Å². The third-order valence-electron chi connectivity index (χ3n) is 3.38. The van der Waals surface area contributed by atoms with E-state index in [1.165, 1.54) is 6.20 Å². The largest absolute Gasteiger partial charge is 0.352 e. The van der Waals surface area contributed by atoms with Crippen molar-refractivity contribution in [2.24, 2.45) is 0 Å². The van der Waals surface area contributed by atoms with E-state index in [1.807, 2.05) is 44.2 Å². The fraction of sp³-hybridized carbons (Fsp3) is 0.222. The van der Waals surface area contributed by atoms with Crippen LogP contribution in [0, 0.1) is 0 Å². The Labute approximate surface area is 145 Å². The highest BCUT2D eigenvalue weighted by Crippen LogP contribution is 2.22. The lowest BCUT2D eigenvalue weighted by Gasteiger charge is -2.13. The average Bonchev–Trinajstić information content (AvgIpc) is 2.62. The van der Waals surface area contributed by atoms with Crippen LogP contribution in [0.4, 0.5) is 22.0 Å². The van der Waals surface area contributed by atoms with Gasteiger partial charge in [-0.1, -0.05) is 30.3 Å². The molecule has 128 valence electrons. The van der Waals surface area contributed by atoms with E-state index in [4.69, 9.17) is 0 Å². The molecule has 1 aromatic carbocycles. The number of hydrogen-bond acceptors (Lipinski definition) is 6. The smallest absolute Gasteiger partial charge is 0.232 e. The number of rotatable bonds is 6. The van der Waals surface area contributed by atoms with Crippen molar-refractivity contribution in [2.45, 2.75) is 26.6 Å². The third kappa shape index (κ3) is 4.26. The SMILES string of the molecule is CC(C)Nc1nc(Nc2ccncc2CF)nc(-c2ccccc2)n1. The molecule has 0 radical (unpaired) electrons. The molecule has 0 saturated carbocycles. The third-order valence-corrected chi connectivity index (χ3v) is 3.38. The second-order valence-corrected chi connectivity index (χ2v) is 5.76. The Kier molecular flexibility index (Phi) is 5.13. The highest BCUT2D eigenvalue weighted by Gasteiger charge is 2.11. The molecule has 0 aliphatic carbocycles. The van der Waals surface area contributed by atoms with Crippen LogP contribution in [0.25, 0.3) is 11.4 Å². The number of anilines is 3. The monoisotopic (exact) mass is 338 g/mol. The van der Waals surface area contributed by atoms with Crippen molar-refractivity contribution < 1.29 is 4.39 Å². The molecule has 3 rings (SSSR count). The zero-order chi connectivity index (χ0) is 17.6. The first kappa shape index (κ1) is 16.8. The Morgan fingerprint density at radius 1 is 1.00 bits per heavy atom. The maximum Gasteiger partial charge on any atom is 0.232 e. The highest BCUT2D eigenvalue weighted by atomic mass is 19.1. The lowest BCUT2D eigenvalue weighted by molar-refractivity contribution is 0.485. The van der Waals surface area contributed by atoms with Crippen LogP contribution in [0.2, 0.25) is 0 Å². The molecule has 6 nitrogen and oxygen atoms in total. The summed E-state index contributed by atoms with van der Waals surface area (Å²) in [6.07, 6.45) is 3.07. The quantitative estimate of drug-likeness (QED) is 0.708. The summed E-state index contributed by atoms with van der Waals surface area (Å²) >= 11 is 0. The van der Waals surface area contributed by atoms with Crippen molar-refractivity contribution >= 4 is 17.6 Å². The van der Waals surface area contributed by atoms with Crippen LogP contribution in [0.3, 0.4) is 0 Å². The molecular formula is C18H19FN6. The van der Waals surface area contributed by atoms with Crippen LogP contribution in [-0.4, -0.2) is 26.0 Å². The van der Waals surface area contributed by atoms with Gasteiger partial charge < -0.3 is 10.6 Å². The zero-order valence-electron chi connectivity index (χ0n) is 14.1. The van der Waals surface area contributed by atoms with Gasteiger partial charge in [-0.05, 0) is 19.9 Å². The summed E-state index contributed by atoms with van der Waals surface area (Å²) in [5.74, 6) is 1.34. The molecule has 0 atom stereocenters. The molecule has 0 amide bonds. The van der Waals surface area contributed by atoms with E-state index < -0.39 is 6.67 Å². The summed E-state index contributed by atoms with van der Waals surface area (Å²) in [7, 11) is 0. The fourth-order valence-corrected chi connectivity index (χ4v) is 2.25. The average molecular weight is 338 g/mol. The van der Waals surface area contributed by atoms with E-state index in [1.54, 1.807) is 12.3 Å². The van der Waals surface area contributed by atoms with E-state index in [0.29, 0.717) is 29.0 Å². The Balaban J connectivity index is 2.00. The number of nitrogens with zero attached hydrogens (tertiary/aromatic N) is 4. The van der Waals surface area contributed by atoms with E-state index in [2.05, 4.69) is 30.6 Å². The molecule has 0 aliphatic heterocycles. The van der Waals surface area contributed by atoms with Crippen molar-refractivity contribution in [3.05, 3.63) is 54.4 Å². The first-order chi connectivity index (χ1) is 12.2. The first-order valence-electron chi connectivity index (χ1n) is 7.99. The predicted octanol–water partition coefficient (Wildman–Crippen LogP) is 3.97. The van der Waals surface area contributed by atoms with Crippen LogP contribution >= 0.6 is 0 Å². The number of alkyl halides is 1.